The molecule has 1 aromatic carbocycles. The fraction of sp³-hybridized carbons (Fsp3) is 0.562. The Hall–Kier alpha value is -1.64. The van der Waals surface area contributed by atoms with Gasteiger partial charge in [-0.25, -0.2) is 8.42 Å². The molecule has 1 amide bonds. The van der Waals surface area contributed by atoms with Gasteiger partial charge < -0.3 is 14.5 Å². The predicted octanol–water partition coefficient (Wildman–Crippen LogP) is 0.480. The van der Waals surface area contributed by atoms with E-state index in [1.165, 1.54) is 23.5 Å². The van der Waals surface area contributed by atoms with Crippen LogP contribution >= 0.6 is 0 Å². The Morgan fingerprint density at radius 1 is 1.17 bits per heavy atom. The molecular formula is C16H25N3O4S. The van der Waals surface area contributed by atoms with Crippen LogP contribution in [0.2, 0.25) is 0 Å². The highest BCUT2D eigenvalue weighted by Gasteiger charge is 2.28. The van der Waals surface area contributed by atoms with Crippen LogP contribution in [0.1, 0.15) is 6.92 Å². The predicted molar refractivity (Wildman–Crippen MR) is 91.5 cm³/mol. The zero-order valence-electron chi connectivity index (χ0n) is 14.4. The van der Waals surface area contributed by atoms with Gasteiger partial charge in [0.05, 0.1) is 18.6 Å². The van der Waals surface area contributed by atoms with E-state index in [9.17, 15) is 13.2 Å². The molecule has 7 nitrogen and oxygen atoms in total. The molecule has 0 unspecified atom stereocenters. The Morgan fingerprint density at radius 2 is 1.75 bits per heavy atom. The minimum Gasteiger partial charge on any atom is -0.497 e. The van der Waals surface area contributed by atoms with Gasteiger partial charge in [0.2, 0.25) is 15.9 Å². The molecule has 0 bridgehead atoms. The van der Waals surface area contributed by atoms with E-state index >= 15 is 0 Å². The average Bonchev–Trinajstić information content (AvgIpc) is 2.59. The molecule has 1 heterocycles. The highest BCUT2D eigenvalue weighted by Crippen LogP contribution is 2.19. The summed E-state index contributed by atoms with van der Waals surface area (Å²) in [5.41, 5.74) is 0. The van der Waals surface area contributed by atoms with Gasteiger partial charge in [0.1, 0.15) is 5.75 Å². The van der Waals surface area contributed by atoms with Crippen molar-refractivity contribution in [2.24, 2.45) is 0 Å². The largest absolute Gasteiger partial charge is 0.497 e. The highest BCUT2D eigenvalue weighted by atomic mass is 32.2. The van der Waals surface area contributed by atoms with Gasteiger partial charge >= 0.3 is 0 Å². The summed E-state index contributed by atoms with van der Waals surface area (Å²) in [6.07, 6.45) is 0. The van der Waals surface area contributed by atoms with Crippen LogP contribution in [0.25, 0.3) is 0 Å². The molecule has 0 atom stereocenters. The van der Waals surface area contributed by atoms with Crippen LogP contribution in [0.5, 0.6) is 5.75 Å². The van der Waals surface area contributed by atoms with E-state index in [0.29, 0.717) is 18.8 Å². The van der Waals surface area contributed by atoms with Gasteiger partial charge in [-0.15, -0.1) is 0 Å². The Balaban J connectivity index is 2.09. The van der Waals surface area contributed by atoms with E-state index in [4.69, 9.17) is 4.74 Å². The maximum absolute atomic E-state index is 12.7. The number of rotatable bonds is 6. The molecule has 1 aromatic rings. The van der Waals surface area contributed by atoms with Crippen LogP contribution in [0.3, 0.4) is 0 Å². The third kappa shape index (κ3) is 4.25. The minimum absolute atomic E-state index is 0.130. The lowest BCUT2D eigenvalue weighted by molar-refractivity contribution is -0.132. The quantitative estimate of drug-likeness (QED) is 0.742. The maximum Gasteiger partial charge on any atom is 0.243 e. The van der Waals surface area contributed by atoms with Crippen molar-refractivity contribution in [2.45, 2.75) is 11.8 Å². The van der Waals surface area contributed by atoms with Crippen molar-refractivity contribution in [2.75, 3.05) is 53.4 Å². The first kappa shape index (κ1) is 18.7. The topological polar surface area (TPSA) is 70.2 Å². The van der Waals surface area contributed by atoms with Crippen LogP contribution in [0.4, 0.5) is 0 Å². The number of likely N-dealkylation sites (N-methyl/N-ethyl adjacent to an activating group) is 2. The Kier molecular flexibility index (Phi) is 6.20. The van der Waals surface area contributed by atoms with E-state index < -0.39 is 10.0 Å². The molecule has 0 aliphatic carbocycles. The monoisotopic (exact) mass is 355 g/mol. The second kappa shape index (κ2) is 7.96. The number of sulfonamides is 1. The van der Waals surface area contributed by atoms with Crippen LogP contribution < -0.4 is 4.74 Å². The van der Waals surface area contributed by atoms with Crippen molar-refractivity contribution in [3.05, 3.63) is 24.3 Å². The van der Waals surface area contributed by atoms with E-state index in [1.807, 2.05) is 7.05 Å². The average molecular weight is 355 g/mol. The number of ether oxygens (including phenoxy) is 1. The van der Waals surface area contributed by atoms with E-state index in [2.05, 4.69) is 4.90 Å². The first-order chi connectivity index (χ1) is 11.4. The number of nitrogens with zero attached hydrogens (tertiary/aromatic N) is 3. The molecule has 24 heavy (non-hydrogen) atoms. The van der Waals surface area contributed by atoms with Gasteiger partial charge in [-0.3, -0.25) is 4.79 Å². The zero-order valence-corrected chi connectivity index (χ0v) is 15.3. The van der Waals surface area contributed by atoms with E-state index in [1.54, 1.807) is 24.0 Å². The van der Waals surface area contributed by atoms with Crippen LogP contribution in [-0.2, 0) is 14.8 Å². The third-order valence-electron chi connectivity index (χ3n) is 4.22. The standard InChI is InChI=1S/C16H25N3O4S/c1-4-19(13-16(20)18-11-9-17(2)10-12-18)24(21,22)15-7-5-14(23-3)6-8-15/h5-8H,4,9-13H2,1-3H3. The Morgan fingerprint density at radius 3 is 2.25 bits per heavy atom. The van der Waals surface area contributed by atoms with Crippen molar-refractivity contribution in [1.29, 1.82) is 0 Å². The minimum atomic E-state index is -3.70. The molecule has 2 rings (SSSR count). The van der Waals surface area contributed by atoms with Crippen molar-refractivity contribution in [1.82, 2.24) is 14.1 Å². The Labute approximate surface area is 143 Å². The summed E-state index contributed by atoms with van der Waals surface area (Å²) in [6.45, 7) is 4.73. The number of hydrogen-bond donors (Lipinski definition) is 0. The lowest BCUT2D eigenvalue weighted by atomic mass is 10.3. The van der Waals surface area contributed by atoms with Gasteiger partial charge in [-0.05, 0) is 31.3 Å². The van der Waals surface area contributed by atoms with Crippen LogP contribution in [0.15, 0.2) is 29.2 Å². The fourth-order valence-electron chi connectivity index (χ4n) is 2.57. The second-order valence-electron chi connectivity index (χ2n) is 5.79. The summed E-state index contributed by atoms with van der Waals surface area (Å²) >= 11 is 0. The molecule has 0 radical (unpaired) electrons. The molecule has 1 aliphatic heterocycles. The SMILES string of the molecule is CCN(CC(=O)N1CCN(C)CC1)S(=O)(=O)c1ccc(OC)cc1. The molecule has 0 aromatic heterocycles. The van der Waals surface area contributed by atoms with Gasteiger partial charge in [-0.1, -0.05) is 6.92 Å². The number of amides is 1. The number of carbonyl (C=O) groups excluding carboxylic acids is 1. The molecule has 0 saturated carbocycles. The summed E-state index contributed by atoms with van der Waals surface area (Å²) in [6, 6.07) is 6.19. The van der Waals surface area contributed by atoms with Crippen molar-refractivity contribution < 1.29 is 17.9 Å². The molecule has 134 valence electrons. The zero-order chi connectivity index (χ0) is 17.7. The number of carbonyl (C=O) groups is 1. The number of methoxy groups -OCH3 is 1. The molecule has 1 saturated heterocycles. The van der Waals surface area contributed by atoms with E-state index in [-0.39, 0.29) is 23.9 Å². The molecule has 1 fully saturated rings. The first-order valence-corrected chi connectivity index (χ1v) is 9.43. The Bertz CT molecular complexity index is 652. The summed E-state index contributed by atoms with van der Waals surface area (Å²) in [4.78, 5) is 16.5. The van der Waals surface area contributed by atoms with Crippen molar-refractivity contribution in [3.63, 3.8) is 0 Å². The van der Waals surface area contributed by atoms with Gasteiger partial charge in [-0.2, -0.15) is 4.31 Å². The molecule has 1 aliphatic rings. The van der Waals surface area contributed by atoms with Crippen molar-refractivity contribution >= 4 is 15.9 Å². The summed E-state index contributed by atoms with van der Waals surface area (Å²) in [5, 5.41) is 0. The van der Waals surface area contributed by atoms with Gasteiger partial charge in [0.25, 0.3) is 0 Å². The first-order valence-electron chi connectivity index (χ1n) is 7.99. The highest BCUT2D eigenvalue weighted by molar-refractivity contribution is 7.89. The third-order valence-corrected chi connectivity index (χ3v) is 6.15. The number of benzene rings is 1. The summed E-state index contributed by atoms with van der Waals surface area (Å²) in [5.74, 6) is 0.438. The van der Waals surface area contributed by atoms with E-state index in [0.717, 1.165) is 13.1 Å². The van der Waals surface area contributed by atoms with Gasteiger partial charge in [0, 0.05) is 32.7 Å². The molecule has 0 N–H and O–H groups in total. The number of hydrogen-bond acceptors (Lipinski definition) is 5. The molecular weight excluding hydrogens is 330 g/mol. The van der Waals surface area contributed by atoms with Crippen LogP contribution in [-0.4, -0.2) is 81.9 Å². The number of piperazine rings is 1. The molecule has 0 spiro atoms. The van der Waals surface area contributed by atoms with Crippen molar-refractivity contribution in [3.8, 4) is 5.75 Å². The smallest absolute Gasteiger partial charge is 0.243 e. The normalized spacial score (nSPS) is 16.4. The fourth-order valence-corrected chi connectivity index (χ4v) is 3.97. The molecule has 8 heteroatoms. The van der Waals surface area contributed by atoms with Gasteiger partial charge in [0.15, 0.2) is 0 Å². The lowest BCUT2D eigenvalue weighted by Crippen LogP contribution is -2.50. The summed E-state index contributed by atoms with van der Waals surface area (Å²) < 4.78 is 31.7. The summed E-state index contributed by atoms with van der Waals surface area (Å²) in [7, 11) is -0.168. The maximum atomic E-state index is 12.7. The second-order valence-corrected chi connectivity index (χ2v) is 7.73. The van der Waals surface area contributed by atoms with Crippen LogP contribution in [0, 0.1) is 0 Å². The lowest BCUT2D eigenvalue weighted by Gasteiger charge is -2.33.